The number of nitrogen functional groups attached to an aromatic ring is 1. The lowest BCUT2D eigenvalue weighted by Gasteiger charge is -2.14. The largest absolute Gasteiger partial charge is 0.495 e. The third-order valence-electron chi connectivity index (χ3n) is 2.94. The minimum Gasteiger partial charge on any atom is -0.495 e. The van der Waals surface area contributed by atoms with Crippen molar-refractivity contribution in [2.45, 2.75) is 13.3 Å². The van der Waals surface area contributed by atoms with E-state index in [1.165, 1.54) is 6.33 Å². The fourth-order valence-corrected chi connectivity index (χ4v) is 1.92. The number of nitrogens with zero attached hydrogens (tertiary/aromatic N) is 3. The van der Waals surface area contributed by atoms with Crippen molar-refractivity contribution in [3.05, 3.63) is 35.7 Å². The number of hydrogen-bond acceptors (Lipinski definition) is 6. The van der Waals surface area contributed by atoms with E-state index in [1.54, 1.807) is 25.3 Å². The number of anilines is 3. The molecule has 0 saturated carbocycles. The topological polar surface area (TPSA) is 96.9 Å². The molecule has 1 aromatic carbocycles. The number of rotatable bonds is 4. The monoisotopic (exact) mass is 269 g/mol. The first-order chi connectivity index (χ1) is 9.71. The average Bonchev–Trinajstić information content (AvgIpc) is 2.47. The van der Waals surface area contributed by atoms with Crippen LogP contribution in [0.3, 0.4) is 0 Å². The van der Waals surface area contributed by atoms with Gasteiger partial charge in [0.1, 0.15) is 35.5 Å². The molecule has 0 aliphatic rings. The second kappa shape index (κ2) is 5.89. The number of ether oxygens (including phenoxy) is 1. The first kappa shape index (κ1) is 13.6. The molecule has 0 amide bonds. The summed E-state index contributed by atoms with van der Waals surface area (Å²) in [5.74, 6) is 1.59. The summed E-state index contributed by atoms with van der Waals surface area (Å²) in [6, 6.07) is 7.37. The molecule has 0 unspecified atom stereocenters. The number of methoxy groups -OCH3 is 1. The van der Waals surface area contributed by atoms with E-state index in [1.807, 2.05) is 6.92 Å². The van der Waals surface area contributed by atoms with Crippen LogP contribution in [0.4, 0.5) is 17.3 Å². The van der Waals surface area contributed by atoms with Crippen LogP contribution in [-0.2, 0) is 6.42 Å². The zero-order chi connectivity index (χ0) is 14.5. The van der Waals surface area contributed by atoms with Crippen LogP contribution in [0.2, 0.25) is 0 Å². The van der Waals surface area contributed by atoms with Gasteiger partial charge in [-0.1, -0.05) is 13.0 Å². The highest BCUT2D eigenvalue weighted by atomic mass is 16.5. The van der Waals surface area contributed by atoms with Gasteiger partial charge in [-0.05, 0) is 18.6 Å². The van der Waals surface area contributed by atoms with Crippen LogP contribution >= 0.6 is 0 Å². The highest BCUT2D eigenvalue weighted by Gasteiger charge is 2.13. The Labute approximate surface area is 117 Å². The lowest BCUT2D eigenvalue weighted by atomic mass is 10.1. The minimum absolute atomic E-state index is 0.429. The van der Waals surface area contributed by atoms with E-state index in [9.17, 15) is 5.26 Å². The van der Waals surface area contributed by atoms with Crippen molar-refractivity contribution < 1.29 is 4.74 Å². The van der Waals surface area contributed by atoms with E-state index in [0.29, 0.717) is 35.1 Å². The van der Waals surface area contributed by atoms with Crippen molar-refractivity contribution in [1.82, 2.24) is 9.97 Å². The molecule has 0 fully saturated rings. The Morgan fingerprint density at radius 2 is 2.20 bits per heavy atom. The fraction of sp³-hybridized carbons (Fsp3) is 0.214. The SMILES string of the molecule is CCc1c(N)ncnc1Nc1c(C#N)cccc1OC. The van der Waals surface area contributed by atoms with Crippen LogP contribution in [0.25, 0.3) is 0 Å². The van der Waals surface area contributed by atoms with Crippen molar-refractivity contribution in [3.63, 3.8) is 0 Å². The van der Waals surface area contributed by atoms with Crippen LogP contribution in [0.1, 0.15) is 18.1 Å². The number of aromatic nitrogens is 2. The molecule has 1 heterocycles. The van der Waals surface area contributed by atoms with Gasteiger partial charge in [0.25, 0.3) is 0 Å². The molecule has 0 bridgehead atoms. The maximum absolute atomic E-state index is 9.19. The molecular formula is C14H15N5O. The standard InChI is InChI=1S/C14H15N5O/c1-3-10-13(16)17-8-18-14(10)19-12-9(7-15)5-4-6-11(12)20-2/h4-6,8H,3H2,1-2H3,(H3,16,17,18,19). The number of hydrogen-bond donors (Lipinski definition) is 2. The smallest absolute Gasteiger partial charge is 0.143 e. The quantitative estimate of drug-likeness (QED) is 0.883. The van der Waals surface area contributed by atoms with Gasteiger partial charge >= 0.3 is 0 Å². The van der Waals surface area contributed by atoms with Crippen molar-refractivity contribution >= 4 is 17.3 Å². The Morgan fingerprint density at radius 3 is 2.85 bits per heavy atom. The molecule has 0 radical (unpaired) electrons. The first-order valence-electron chi connectivity index (χ1n) is 6.14. The molecule has 0 spiro atoms. The van der Waals surface area contributed by atoms with Crippen molar-refractivity contribution in [2.24, 2.45) is 0 Å². The summed E-state index contributed by atoms with van der Waals surface area (Å²) < 4.78 is 5.28. The molecule has 1 aromatic heterocycles. The van der Waals surface area contributed by atoms with Gasteiger partial charge < -0.3 is 15.8 Å². The molecule has 0 saturated heterocycles. The number of para-hydroxylation sites is 1. The highest BCUT2D eigenvalue weighted by Crippen LogP contribution is 2.32. The van der Waals surface area contributed by atoms with Gasteiger partial charge in [0.15, 0.2) is 0 Å². The van der Waals surface area contributed by atoms with Gasteiger partial charge in [0, 0.05) is 5.56 Å². The van der Waals surface area contributed by atoms with Gasteiger partial charge in [-0.3, -0.25) is 0 Å². The molecule has 2 rings (SSSR count). The predicted molar refractivity (Wildman–Crippen MR) is 76.8 cm³/mol. The van der Waals surface area contributed by atoms with Crippen LogP contribution in [0.15, 0.2) is 24.5 Å². The van der Waals surface area contributed by atoms with Gasteiger partial charge in [-0.2, -0.15) is 5.26 Å². The summed E-state index contributed by atoms with van der Waals surface area (Å²) in [5.41, 5.74) is 7.70. The van der Waals surface area contributed by atoms with Crippen molar-refractivity contribution in [2.75, 3.05) is 18.2 Å². The second-order valence-corrected chi connectivity index (χ2v) is 4.06. The predicted octanol–water partition coefficient (Wildman–Crippen LogP) is 2.25. The fourth-order valence-electron chi connectivity index (χ4n) is 1.92. The van der Waals surface area contributed by atoms with Gasteiger partial charge in [-0.15, -0.1) is 0 Å². The summed E-state index contributed by atoms with van der Waals surface area (Å²) in [6.07, 6.45) is 2.07. The summed E-state index contributed by atoms with van der Waals surface area (Å²) >= 11 is 0. The number of nitrogens with one attached hydrogen (secondary N) is 1. The molecule has 102 valence electrons. The number of benzene rings is 1. The lowest BCUT2D eigenvalue weighted by Crippen LogP contribution is -2.06. The van der Waals surface area contributed by atoms with E-state index >= 15 is 0 Å². The summed E-state index contributed by atoms with van der Waals surface area (Å²) in [6.45, 7) is 1.97. The third kappa shape index (κ3) is 2.47. The summed E-state index contributed by atoms with van der Waals surface area (Å²) in [5, 5.41) is 12.3. The molecule has 6 nitrogen and oxygen atoms in total. The number of nitrogens with two attached hydrogens (primary N) is 1. The molecule has 3 N–H and O–H groups in total. The molecule has 6 heteroatoms. The Kier molecular flexibility index (Phi) is 4.01. The molecule has 0 atom stereocenters. The average molecular weight is 269 g/mol. The summed E-state index contributed by atoms with van der Waals surface area (Å²) in [4.78, 5) is 8.16. The molecular weight excluding hydrogens is 254 g/mol. The minimum atomic E-state index is 0.429. The first-order valence-corrected chi connectivity index (χ1v) is 6.14. The van der Waals surface area contributed by atoms with Crippen molar-refractivity contribution in [3.8, 4) is 11.8 Å². The Bertz CT molecular complexity index is 663. The highest BCUT2D eigenvalue weighted by molar-refractivity contribution is 5.74. The zero-order valence-electron chi connectivity index (χ0n) is 11.3. The van der Waals surface area contributed by atoms with E-state index in [2.05, 4.69) is 21.4 Å². The maximum atomic E-state index is 9.19. The Balaban J connectivity index is 2.50. The molecule has 20 heavy (non-hydrogen) atoms. The van der Waals surface area contributed by atoms with Crippen LogP contribution < -0.4 is 15.8 Å². The molecule has 0 aliphatic carbocycles. The summed E-state index contributed by atoms with van der Waals surface area (Å²) in [7, 11) is 1.55. The van der Waals surface area contributed by atoms with Crippen LogP contribution in [-0.4, -0.2) is 17.1 Å². The van der Waals surface area contributed by atoms with Crippen LogP contribution in [0, 0.1) is 11.3 Å². The van der Waals surface area contributed by atoms with Gasteiger partial charge in [0.05, 0.1) is 12.7 Å². The Morgan fingerprint density at radius 1 is 1.40 bits per heavy atom. The number of nitriles is 1. The third-order valence-corrected chi connectivity index (χ3v) is 2.94. The lowest BCUT2D eigenvalue weighted by molar-refractivity contribution is 0.416. The van der Waals surface area contributed by atoms with E-state index in [0.717, 1.165) is 5.56 Å². The van der Waals surface area contributed by atoms with Gasteiger partial charge in [0.2, 0.25) is 0 Å². The van der Waals surface area contributed by atoms with Crippen LogP contribution in [0.5, 0.6) is 5.75 Å². The Hall–Kier alpha value is -2.81. The molecule has 0 aliphatic heterocycles. The normalized spacial score (nSPS) is 9.85. The maximum Gasteiger partial charge on any atom is 0.143 e. The van der Waals surface area contributed by atoms with E-state index in [4.69, 9.17) is 10.5 Å². The van der Waals surface area contributed by atoms with E-state index < -0.39 is 0 Å². The molecule has 2 aromatic rings. The van der Waals surface area contributed by atoms with Gasteiger partial charge in [-0.25, -0.2) is 9.97 Å². The second-order valence-electron chi connectivity index (χ2n) is 4.06. The van der Waals surface area contributed by atoms with E-state index in [-0.39, 0.29) is 0 Å². The zero-order valence-corrected chi connectivity index (χ0v) is 11.3. The van der Waals surface area contributed by atoms with Crippen molar-refractivity contribution in [1.29, 1.82) is 5.26 Å².